The molecule has 0 aliphatic heterocycles. The predicted molar refractivity (Wildman–Crippen MR) is 96.3 cm³/mol. The van der Waals surface area contributed by atoms with Crippen molar-refractivity contribution in [2.75, 3.05) is 0 Å². The van der Waals surface area contributed by atoms with Crippen molar-refractivity contribution >= 4 is 5.97 Å². The first-order valence-electron chi connectivity index (χ1n) is 9.74. The van der Waals surface area contributed by atoms with Crippen molar-refractivity contribution in [3.8, 4) is 0 Å². The van der Waals surface area contributed by atoms with Crippen molar-refractivity contribution in [1.82, 2.24) is 0 Å². The van der Waals surface area contributed by atoms with Gasteiger partial charge in [-0.2, -0.15) is 0 Å². The Hall–Kier alpha value is -0.530. The maximum Gasteiger partial charge on any atom is 0.309 e. The maximum atomic E-state index is 11.0. The van der Waals surface area contributed by atoms with E-state index in [1.807, 2.05) is 13.8 Å². The molecule has 0 atom stereocenters. The number of rotatable bonds is 16. The van der Waals surface area contributed by atoms with Gasteiger partial charge in [0.05, 0.1) is 5.41 Å². The molecule has 0 spiro atoms. The third-order valence-electron chi connectivity index (χ3n) is 4.73. The molecule has 2 nitrogen and oxygen atoms in total. The minimum atomic E-state index is -0.665. The Bertz CT molecular complexity index is 258. The molecule has 0 unspecified atom stereocenters. The van der Waals surface area contributed by atoms with E-state index in [2.05, 4.69) is 6.92 Å². The molecule has 0 aromatic heterocycles. The Labute approximate surface area is 139 Å². The van der Waals surface area contributed by atoms with E-state index in [0.29, 0.717) is 0 Å². The number of unbranched alkanes of at least 4 members (excludes halogenated alkanes) is 13. The van der Waals surface area contributed by atoms with Crippen LogP contribution >= 0.6 is 0 Å². The quantitative estimate of drug-likeness (QED) is 0.312. The fourth-order valence-corrected chi connectivity index (χ4v) is 2.87. The van der Waals surface area contributed by atoms with Crippen molar-refractivity contribution in [2.24, 2.45) is 5.41 Å². The number of carboxylic acid groups (broad SMARTS) is 1. The summed E-state index contributed by atoms with van der Waals surface area (Å²) >= 11 is 0. The van der Waals surface area contributed by atoms with Crippen LogP contribution in [0.5, 0.6) is 0 Å². The molecule has 0 aromatic carbocycles. The third-order valence-corrected chi connectivity index (χ3v) is 4.73. The Morgan fingerprint density at radius 3 is 1.32 bits per heavy atom. The minimum absolute atomic E-state index is 0.545. The molecular weight excluding hydrogens is 272 g/mol. The first-order chi connectivity index (χ1) is 10.5. The van der Waals surface area contributed by atoms with Crippen LogP contribution < -0.4 is 0 Å². The Morgan fingerprint density at radius 2 is 1.00 bits per heavy atom. The number of hydrogen-bond acceptors (Lipinski definition) is 1. The zero-order chi connectivity index (χ0) is 16.7. The Morgan fingerprint density at radius 1 is 0.682 bits per heavy atom. The van der Waals surface area contributed by atoms with Gasteiger partial charge in [0, 0.05) is 0 Å². The monoisotopic (exact) mass is 312 g/mol. The summed E-state index contributed by atoms with van der Waals surface area (Å²) in [5, 5.41) is 9.05. The molecule has 0 rings (SSSR count). The fraction of sp³-hybridized carbons (Fsp3) is 0.950. The molecule has 0 aromatic rings. The van der Waals surface area contributed by atoms with Gasteiger partial charge in [-0.25, -0.2) is 0 Å². The van der Waals surface area contributed by atoms with Gasteiger partial charge in [-0.3, -0.25) is 4.79 Å². The maximum absolute atomic E-state index is 11.0. The summed E-state index contributed by atoms with van der Waals surface area (Å²) in [5.74, 6) is -0.665. The highest BCUT2D eigenvalue weighted by Crippen LogP contribution is 2.24. The van der Waals surface area contributed by atoms with Crippen molar-refractivity contribution in [2.45, 2.75) is 117 Å². The lowest BCUT2D eigenvalue weighted by molar-refractivity contribution is -0.147. The van der Waals surface area contributed by atoms with E-state index >= 15 is 0 Å². The van der Waals surface area contributed by atoms with Crippen LogP contribution in [-0.4, -0.2) is 11.1 Å². The highest BCUT2D eigenvalue weighted by atomic mass is 16.4. The Balaban J connectivity index is 3.16. The normalized spacial score (nSPS) is 11.8. The molecule has 0 saturated heterocycles. The van der Waals surface area contributed by atoms with Crippen molar-refractivity contribution in [1.29, 1.82) is 0 Å². The van der Waals surface area contributed by atoms with Crippen LogP contribution in [0.2, 0.25) is 0 Å². The van der Waals surface area contributed by atoms with Crippen LogP contribution in [-0.2, 0) is 4.79 Å². The number of carboxylic acids is 1. The van der Waals surface area contributed by atoms with E-state index in [9.17, 15) is 4.79 Å². The summed E-state index contributed by atoms with van der Waals surface area (Å²) in [6.45, 7) is 5.93. The first kappa shape index (κ1) is 21.5. The minimum Gasteiger partial charge on any atom is -0.481 e. The average Bonchev–Trinajstić information content (AvgIpc) is 2.47. The first-order valence-corrected chi connectivity index (χ1v) is 9.74. The summed E-state index contributed by atoms with van der Waals surface area (Å²) in [4.78, 5) is 11.0. The second-order valence-corrected chi connectivity index (χ2v) is 7.54. The lowest BCUT2D eigenvalue weighted by Gasteiger charge is -2.18. The van der Waals surface area contributed by atoms with E-state index in [0.717, 1.165) is 12.8 Å². The fourth-order valence-electron chi connectivity index (χ4n) is 2.87. The predicted octanol–water partition coefficient (Wildman–Crippen LogP) is 6.97. The van der Waals surface area contributed by atoms with Crippen molar-refractivity contribution < 1.29 is 9.90 Å². The standard InChI is InChI=1S/C20H40O2/c1-4-5-6-7-8-9-10-11-12-13-14-15-16-17-18-20(2,3)19(21)22/h4-18H2,1-3H3,(H,21,22). The molecule has 1 N–H and O–H groups in total. The van der Waals surface area contributed by atoms with Crippen LogP contribution in [0.15, 0.2) is 0 Å². The molecule has 2 heteroatoms. The smallest absolute Gasteiger partial charge is 0.309 e. The van der Waals surface area contributed by atoms with Gasteiger partial charge >= 0.3 is 5.97 Å². The van der Waals surface area contributed by atoms with Crippen LogP contribution in [0, 0.1) is 5.41 Å². The highest BCUT2D eigenvalue weighted by molar-refractivity contribution is 5.73. The molecule has 0 bridgehead atoms. The van der Waals surface area contributed by atoms with Gasteiger partial charge in [-0.1, -0.05) is 96.8 Å². The van der Waals surface area contributed by atoms with E-state index in [1.54, 1.807) is 0 Å². The SMILES string of the molecule is CCCCCCCCCCCCCCCCC(C)(C)C(=O)O. The summed E-state index contributed by atoms with van der Waals surface area (Å²) in [7, 11) is 0. The Kier molecular flexibility index (Phi) is 13.7. The van der Waals surface area contributed by atoms with Gasteiger partial charge in [0.15, 0.2) is 0 Å². The van der Waals surface area contributed by atoms with Gasteiger partial charge in [0.2, 0.25) is 0 Å². The number of hydrogen-bond donors (Lipinski definition) is 1. The second kappa shape index (κ2) is 14.1. The summed E-state index contributed by atoms with van der Waals surface area (Å²) in [5.41, 5.74) is -0.545. The van der Waals surface area contributed by atoms with Crippen molar-refractivity contribution in [3.63, 3.8) is 0 Å². The number of carbonyl (C=O) groups is 1. The summed E-state index contributed by atoms with van der Waals surface area (Å²) in [6.07, 6.45) is 19.7. The lowest BCUT2D eigenvalue weighted by atomic mass is 9.87. The van der Waals surface area contributed by atoms with Crippen LogP contribution in [0.3, 0.4) is 0 Å². The largest absolute Gasteiger partial charge is 0.481 e. The highest BCUT2D eigenvalue weighted by Gasteiger charge is 2.25. The van der Waals surface area contributed by atoms with Crippen molar-refractivity contribution in [3.05, 3.63) is 0 Å². The zero-order valence-corrected chi connectivity index (χ0v) is 15.5. The molecule has 0 aliphatic carbocycles. The van der Waals surface area contributed by atoms with E-state index in [1.165, 1.54) is 83.5 Å². The molecule has 0 amide bonds. The van der Waals surface area contributed by atoms with Gasteiger partial charge < -0.3 is 5.11 Å². The molecule has 0 heterocycles. The molecule has 0 saturated carbocycles. The van der Waals surface area contributed by atoms with E-state index in [-0.39, 0.29) is 0 Å². The summed E-state index contributed by atoms with van der Waals surface area (Å²) in [6, 6.07) is 0. The molecule has 132 valence electrons. The van der Waals surface area contributed by atoms with Gasteiger partial charge in [-0.15, -0.1) is 0 Å². The average molecular weight is 313 g/mol. The van der Waals surface area contributed by atoms with Gasteiger partial charge in [0.25, 0.3) is 0 Å². The third kappa shape index (κ3) is 13.2. The number of aliphatic carboxylic acids is 1. The molecule has 0 fully saturated rings. The van der Waals surface area contributed by atoms with Crippen LogP contribution in [0.1, 0.15) is 117 Å². The molecule has 0 radical (unpaired) electrons. The second-order valence-electron chi connectivity index (χ2n) is 7.54. The topological polar surface area (TPSA) is 37.3 Å². The zero-order valence-electron chi connectivity index (χ0n) is 15.5. The van der Waals surface area contributed by atoms with E-state index < -0.39 is 11.4 Å². The summed E-state index contributed by atoms with van der Waals surface area (Å²) < 4.78 is 0. The van der Waals surface area contributed by atoms with Gasteiger partial charge in [0.1, 0.15) is 0 Å². The molecule has 22 heavy (non-hydrogen) atoms. The van der Waals surface area contributed by atoms with Crippen LogP contribution in [0.25, 0.3) is 0 Å². The van der Waals surface area contributed by atoms with Gasteiger partial charge in [-0.05, 0) is 20.3 Å². The van der Waals surface area contributed by atoms with Crippen LogP contribution in [0.4, 0.5) is 0 Å². The molecular formula is C20H40O2. The lowest BCUT2D eigenvalue weighted by Crippen LogP contribution is -2.23. The van der Waals surface area contributed by atoms with E-state index in [4.69, 9.17) is 5.11 Å². The molecule has 0 aliphatic rings.